The lowest BCUT2D eigenvalue weighted by Crippen LogP contribution is -2.31. The zero-order valence-electron chi connectivity index (χ0n) is 13.3. The van der Waals surface area contributed by atoms with E-state index >= 15 is 0 Å². The number of hydrogen-bond donors (Lipinski definition) is 0. The largest absolute Gasteiger partial charge is 0.346 e. The summed E-state index contributed by atoms with van der Waals surface area (Å²) in [7, 11) is 0. The third-order valence-corrected chi connectivity index (χ3v) is 5.51. The monoisotopic (exact) mass is 426 g/mol. The first-order valence-corrected chi connectivity index (χ1v) is 9.30. The van der Waals surface area contributed by atoms with Gasteiger partial charge in [0.05, 0.1) is 0 Å². The minimum atomic E-state index is 0.225. The molecule has 0 unspecified atom stereocenters. The van der Waals surface area contributed by atoms with Gasteiger partial charge in [-0.2, -0.15) is 0 Å². The second-order valence-electron chi connectivity index (χ2n) is 5.95. The maximum absolute atomic E-state index is 2.50. The van der Waals surface area contributed by atoms with Crippen LogP contribution in [0.3, 0.4) is 0 Å². The molecule has 0 aromatic heterocycles. The first-order valence-electron chi connectivity index (χ1n) is 8.22. The zero-order chi connectivity index (χ0) is 16.4. The van der Waals surface area contributed by atoms with Gasteiger partial charge in [-0.1, -0.05) is 54.6 Å². The molecule has 0 aliphatic carbocycles. The SMILES string of the molecule is Ic1ccccc1C1N(c2ccccc2)CCN1c1ccccc1. The molecule has 0 bridgehead atoms. The Hall–Kier alpha value is -2.01. The zero-order valence-corrected chi connectivity index (χ0v) is 15.5. The average molecular weight is 426 g/mol. The van der Waals surface area contributed by atoms with Crippen LogP contribution < -0.4 is 9.80 Å². The lowest BCUT2D eigenvalue weighted by atomic mass is 10.1. The molecule has 3 aromatic rings. The van der Waals surface area contributed by atoms with Gasteiger partial charge in [0.15, 0.2) is 0 Å². The van der Waals surface area contributed by atoms with E-state index in [0.29, 0.717) is 0 Å². The van der Waals surface area contributed by atoms with Crippen molar-refractivity contribution in [1.29, 1.82) is 0 Å². The van der Waals surface area contributed by atoms with Crippen LogP contribution in [0.15, 0.2) is 84.9 Å². The van der Waals surface area contributed by atoms with Gasteiger partial charge in [0.25, 0.3) is 0 Å². The van der Waals surface area contributed by atoms with E-state index in [4.69, 9.17) is 0 Å². The van der Waals surface area contributed by atoms with Crippen molar-refractivity contribution in [1.82, 2.24) is 0 Å². The predicted octanol–water partition coefficient (Wildman–Crippen LogP) is 5.32. The second-order valence-corrected chi connectivity index (χ2v) is 7.12. The van der Waals surface area contributed by atoms with Gasteiger partial charge in [-0.05, 0) is 52.9 Å². The van der Waals surface area contributed by atoms with E-state index < -0.39 is 0 Å². The number of hydrogen-bond acceptors (Lipinski definition) is 2. The Balaban J connectivity index is 1.80. The first kappa shape index (κ1) is 15.5. The lowest BCUT2D eigenvalue weighted by molar-refractivity contribution is 0.714. The van der Waals surface area contributed by atoms with Gasteiger partial charge in [-0.3, -0.25) is 0 Å². The highest BCUT2D eigenvalue weighted by Gasteiger charge is 2.34. The summed E-state index contributed by atoms with van der Waals surface area (Å²) >= 11 is 2.46. The second kappa shape index (κ2) is 6.85. The molecule has 3 aromatic carbocycles. The molecule has 3 heteroatoms. The van der Waals surface area contributed by atoms with Crippen molar-refractivity contribution in [3.05, 3.63) is 94.1 Å². The summed E-state index contributed by atoms with van der Waals surface area (Å²) in [4.78, 5) is 5.01. The predicted molar refractivity (Wildman–Crippen MR) is 109 cm³/mol. The Kier molecular flexibility index (Phi) is 4.43. The van der Waals surface area contributed by atoms with Crippen LogP contribution in [0.25, 0.3) is 0 Å². The van der Waals surface area contributed by atoms with E-state index in [1.807, 2.05) is 0 Å². The molecule has 1 fully saturated rings. The maximum Gasteiger partial charge on any atom is 0.129 e. The summed E-state index contributed by atoms with van der Waals surface area (Å²) in [6, 6.07) is 30.2. The summed E-state index contributed by atoms with van der Waals surface area (Å²) in [5, 5.41) is 0. The van der Waals surface area contributed by atoms with Crippen LogP contribution in [-0.4, -0.2) is 13.1 Å². The fourth-order valence-corrected chi connectivity index (χ4v) is 4.09. The standard InChI is InChI=1S/C21H19IN2/c22-20-14-8-7-13-19(20)21-23(17-9-3-1-4-10-17)15-16-24(21)18-11-5-2-6-12-18/h1-14,21H,15-16H2. The third-order valence-electron chi connectivity index (χ3n) is 4.53. The molecule has 0 radical (unpaired) electrons. The summed E-state index contributed by atoms with van der Waals surface area (Å²) in [6.07, 6.45) is 0.225. The van der Waals surface area contributed by atoms with Crippen molar-refractivity contribution in [3.8, 4) is 0 Å². The molecule has 1 saturated heterocycles. The first-order chi connectivity index (χ1) is 11.8. The Morgan fingerprint density at radius 3 is 1.58 bits per heavy atom. The van der Waals surface area contributed by atoms with Crippen LogP contribution in [0.1, 0.15) is 11.7 Å². The molecule has 1 aliphatic heterocycles. The number of benzene rings is 3. The fourth-order valence-electron chi connectivity index (χ4n) is 3.43. The minimum Gasteiger partial charge on any atom is -0.346 e. The smallest absolute Gasteiger partial charge is 0.129 e. The van der Waals surface area contributed by atoms with Gasteiger partial charge in [0.1, 0.15) is 6.17 Å². The van der Waals surface area contributed by atoms with E-state index in [1.165, 1.54) is 20.5 Å². The van der Waals surface area contributed by atoms with Gasteiger partial charge in [0.2, 0.25) is 0 Å². The normalized spacial score (nSPS) is 15.0. The summed E-state index contributed by atoms with van der Waals surface area (Å²) in [5.74, 6) is 0. The number of anilines is 2. The summed E-state index contributed by atoms with van der Waals surface area (Å²) < 4.78 is 1.31. The maximum atomic E-state index is 2.50. The van der Waals surface area contributed by atoms with Crippen LogP contribution >= 0.6 is 22.6 Å². The Morgan fingerprint density at radius 2 is 1.08 bits per heavy atom. The topological polar surface area (TPSA) is 6.48 Å². The number of rotatable bonds is 3. The molecule has 1 aliphatic rings. The highest BCUT2D eigenvalue weighted by Crippen LogP contribution is 2.38. The Morgan fingerprint density at radius 1 is 0.625 bits per heavy atom. The highest BCUT2D eigenvalue weighted by molar-refractivity contribution is 14.1. The van der Waals surface area contributed by atoms with E-state index in [1.54, 1.807) is 0 Å². The van der Waals surface area contributed by atoms with Crippen molar-refractivity contribution in [2.45, 2.75) is 6.17 Å². The quantitative estimate of drug-likeness (QED) is 0.524. The average Bonchev–Trinajstić information content (AvgIpc) is 3.08. The molecule has 2 nitrogen and oxygen atoms in total. The van der Waals surface area contributed by atoms with Crippen molar-refractivity contribution in [2.24, 2.45) is 0 Å². The van der Waals surface area contributed by atoms with Crippen LogP contribution in [-0.2, 0) is 0 Å². The van der Waals surface area contributed by atoms with E-state index in [9.17, 15) is 0 Å². The number of halogens is 1. The van der Waals surface area contributed by atoms with Crippen LogP contribution in [0.2, 0.25) is 0 Å². The van der Waals surface area contributed by atoms with Crippen LogP contribution in [0, 0.1) is 3.57 Å². The van der Waals surface area contributed by atoms with Crippen molar-refractivity contribution >= 4 is 34.0 Å². The van der Waals surface area contributed by atoms with E-state index in [2.05, 4.69) is 117 Å². The summed E-state index contributed by atoms with van der Waals surface area (Å²) in [5.41, 5.74) is 3.92. The Labute approximate surface area is 156 Å². The fraction of sp³-hybridized carbons (Fsp3) is 0.143. The van der Waals surface area contributed by atoms with Crippen molar-refractivity contribution in [2.75, 3.05) is 22.9 Å². The molecule has 120 valence electrons. The van der Waals surface area contributed by atoms with Gasteiger partial charge < -0.3 is 9.80 Å². The number of nitrogens with zero attached hydrogens (tertiary/aromatic N) is 2. The molecule has 0 saturated carbocycles. The van der Waals surface area contributed by atoms with Gasteiger partial charge in [-0.25, -0.2) is 0 Å². The molecular formula is C21H19IN2. The minimum absolute atomic E-state index is 0.225. The molecule has 0 N–H and O–H groups in total. The molecule has 0 amide bonds. The molecule has 0 spiro atoms. The van der Waals surface area contributed by atoms with E-state index in [0.717, 1.165) is 13.1 Å². The van der Waals surface area contributed by atoms with Crippen LogP contribution in [0.4, 0.5) is 11.4 Å². The Bertz CT molecular complexity index is 757. The molecular weight excluding hydrogens is 407 g/mol. The third kappa shape index (κ3) is 2.88. The summed E-state index contributed by atoms with van der Waals surface area (Å²) in [6.45, 7) is 2.04. The van der Waals surface area contributed by atoms with Gasteiger partial charge in [-0.15, -0.1) is 0 Å². The molecule has 24 heavy (non-hydrogen) atoms. The highest BCUT2D eigenvalue weighted by atomic mass is 127. The lowest BCUT2D eigenvalue weighted by Gasteiger charge is -2.34. The van der Waals surface area contributed by atoms with E-state index in [-0.39, 0.29) is 6.17 Å². The van der Waals surface area contributed by atoms with Crippen molar-refractivity contribution in [3.63, 3.8) is 0 Å². The molecule has 1 heterocycles. The molecule has 4 rings (SSSR count). The van der Waals surface area contributed by atoms with Gasteiger partial charge >= 0.3 is 0 Å². The number of para-hydroxylation sites is 2. The van der Waals surface area contributed by atoms with Crippen LogP contribution in [0.5, 0.6) is 0 Å². The molecule has 0 atom stereocenters. The van der Waals surface area contributed by atoms with Crippen molar-refractivity contribution < 1.29 is 0 Å². The van der Waals surface area contributed by atoms with Gasteiger partial charge in [0, 0.05) is 33.6 Å².